The van der Waals surface area contributed by atoms with Crippen molar-refractivity contribution >= 4 is 11.5 Å². The van der Waals surface area contributed by atoms with Crippen LogP contribution in [0.2, 0.25) is 0 Å². The number of unbranched alkanes of at least 4 members (excludes halogenated alkanes) is 2. The molecule has 16 heavy (non-hydrogen) atoms. The molecule has 1 aromatic heterocycles. The summed E-state index contributed by atoms with van der Waals surface area (Å²) in [4.78, 5) is 14.4. The largest absolute Gasteiger partial charge is 0.364 e. The molecule has 1 N–H and O–H groups in total. The van der Waals surface area contributed by atoms with Gasteiger partial charge in [-0.05, 0) is 18.9 Å². The van der Waals surface area contributed by atoms with Gasteiger partial charge in [-0.25, -0.2) is 4.98 Å². The van der Waals surface area contributed by atoms with E-state index in [-0.39, 0.29) is 5.69 Å². The summed E-state index contributed by atoms with van der Waals surface area (Å²) in [6.07, 6.45) is 4.89. The molecule has 0 amide bonds. The summed E-state index contributed by atoms with van der Waals surface area (Å²) >= 11 is 0. The van der Waals surface area contributed by atoms with Crippen LogP contribution in [-0.2, 0) is 0 Å². The van der Waals surface area contributed by atoms with Gasteiger partial charge < -0.3 is 5.32 Å². The van der Waals surface area contributed by atoms with Crippen LogP contribution in [0, 0.1) is 17.0 Å². The van der Waals surface area contributed by atoms with Gasteiger partial charge in [0, 0.05) is 18.8 Å². The molecule has 5 nitrogen and oxygen atoms in total. The molecule has 1 aromatic rings. The lowest BCUT2D eigenvalue weighted by Gasteiger charge is -2.05. The van der Waals surface area contributed by atoms with Gasteiger partial charge in [0.2, 0.25) is 5.82 Å². The highest BCUT2D eigenvalue weighted by Gasteiger charge is 2.14. The summed E-state index contributed by atoms with van der Waals surface area (Å²) < 4.78 is 0. The Morgan fingerprint density at radius 3 is 2.88 bits per heavy atom. The third kappa shape index (κ3) is 3.49. The van der Waals surface area contributed by atoms with E-state index in [0.717, 1.165) is 31.4 Å². The predicted molar refractivity (Wildman–Crippen MR) is 63.6 cm³/mol. The highest BCUT2D eigenvalue weighted by Crippen LogP contribution is 2.22. The average Bonchev–Trinajstić information content (AvgIpc) is 2.26. The lowest BCUT2D eigenvalue weighted by Crippen LogP contribution is -2.06. The molecule has 0 radical (unpaired) electrons. The van der Waals surface area contributed by atoms with Gasteiger partial charge in [0.15, 0.2) is 0 Å². The van der Waals surface area contributed by atoms with Crippen molar-refractivity contribution in [1.82, 2.24) is 4.98 Å². The molecule has 0 atom stereocenters. The quantitative estimate of drug-likeness (QED) is 0.457. The maximum atomic E-state index is 10.8. The van der Waals surface area contributed by atoms with Crippen molar-refractivity contribution in [1.29, 1.82) is 0 Å². The molecule has 0 aliphatic heterocycles. The topological polar surface area (TPSA) is 68.1 Å². The van der Waals surface area contributed by atoms with Crippen LogP contribution in [0.15, 0.2) is 12.3 Å². The SMILES string of the molecule is CCCCCNc1ncc(C)cc1[N+](=O)[O-]. The lowest BCUT2D eigenvalue weighted by atomic mass is 10.2. The van der Waals surface area contributed by atoms with Crippen molar-refractivity contribution in [3.05, 3.63) is 27.9 Å². The molecule has 1 rings (SSSR count). The van der Waals surface area contributed by atoms with Crippen molar-refractivity contribution in [3.63, 3.8) is 0 Å². The van der Waals surface area contributed by atoms with E-state index in [0.29, 0.717) is 5.82 Å². The Bertz CT molecular complexity index is 366. The Morgan fingerprint density at radius 2 is 2.25 bits per heavy atom. The number of anilines is 1. The molecule has 0 bridgehead atoms. The smallest absolute Gasteiger partial charge is 0.311 e. The first-order valence-corrected chi connectivity index (χ1v) is 5.50. The van der Waals surface area contributed by atoms with Gasteiger partial charge in [-0.1, -0.05) is 19.8 Å². The molecule has 88 valence electrons. The van der Waals surface area contributed by atoms with E-state index in [9.17, 15) is 10.1 Å². The molecular weight excluding hydrogens is 206 g/mol. The molecule has 0 fully saturated rings. The standard InChI is InChI=1S/C11H17N3O2/c1-3-4-5-6-12-11-10(14(15)16)7-9(2)8-13-11/h7-8H,3-6H2,1-2H3,(H,12,13). The van der Waals surface area contributed by atoms with Crippen LogP contribution in [0.5, 0.6) is 0 Å². The minimum Gasteiger partial charge on any atom is -0.364 e. The van der Waals surface area contributed by atoms with Crippen molar-refractivity contribution in [2.45, 2.75) is 33.1 Å². The van der Waals surface area contributed by atoms with Crippen LogP contribution in [0.3, 0.4) is 0 Å². The van der Waals surface area contributed by atoms with E-state index in [1.807, 2.05) is 0 Å². The second-order valence-corrected chi connectivity index (χ2v) is 3.77. The zero-order valence-electron chi connectivity index (χ0n) is 9.69. The van der Waals surface area contributed by atoms with Crippen LogP contribution in [0.1, 0.15) is 31.7 Å². The Hall–Kier alpha value is -1.65. The first-order valence-electron chi connectivity index (χ1n) is 5.50. The average molecular weight is 223 g/mol. The van der Waals surface area contributed by atoms with Crippen molar-refractivity contribution < 1.29 is 4.92 Å². The van der Waals surface area contributed by atoms with Crippen LogP contribution < -0.4 is 5.32 Å². The first kappa shape index (κ1) is 12.4. The second-order valence-electron chi connectivity index (χ2n) is 3.77. The van der Waals surface area contributed by atoms with E-state index in [2.05, 4.69) is 17.2 Å². The normalized spacial score (nSPS) is 10.1. The fourth-order valence-corrected chi connectivity index (χ4v) is 1.41. The van der Waals surface area contributed by atoms with Crippen molar-refractivity contribution in [3.8, 4) is 0 Å². The molecule has 0 unspecified atom stereocenters. The number of hydrogen-bond acceptors (Lipinski definition) is 4. The van der Waals surface area contributed by atoms with Crippen LogP contribution in [0.25, 0.3) is 0 Å². The van der Waals surface area contributed by atoms with Gasteiger partial charge >= 0.3 is 5.69 Å². The number of pyridine rings is 1. The summed E-state index contributed by atoms with van der Waals surface area (Å²) in [5, 5.41) is 13.8. The second kappa shape index (κ2) is 6.05. The molecule has 0 aliphatic carbocycles. The Balaban J connectivity index is 2.67. The zero-order valence-corrected chi connectivity index (χ0v) is 9.69. The number of nitrogens with one attached hydrogen (secondary N) is 1. The summed E-state index contributed by atoms with van der Waals surface area (Å²) in [6.45, 7) is 4.64. The van der Waals surface area contributed by atoms with Crippen molar-refractivity contribution in [2.75, 3.05) is 11.9 Å². The van der Waals surface area contributed by atoms with Gasteiger partial charge in [0.1, 0.15) is 0 Å². The number of hydrogen-bond donors (Lipinski definition) is 1. The van der Waals surface area contributed by atoms with Gasteiger partial charge in [-0.2, -0.15) is 0 Å². The minimum absolute atomic E-state index is 0.0523. The van der Waals surface area contributed by atoms with Gasteiger partial charge in [-0.3, -0.25) is 10.1 Å². The van der Waals surface area contributed by atoms with E-state index in [4.69, 9.17) is 0 Å². The fourth-order valence-electron chi connectivity index (χ4n) is 1.41. The van der Waals surface area contributed by atoms with Gasteiger partial charge in [0.05, 0.1) is 4.92 Å². The molecule has 0 saturated carbocycles. The summed E-state index contributed by atoms with van der Waals surface area (Å²) in [5.74, 6) is 0.367. The molecule has 5 heteroatoms. The third-order valence-corrected chi connectivity index (χ3v) is 2.27. The summed E-state index contributed by atoms with van der Waals surface area (Å²) in [7, 11) is 0. The Kier molecular flexibility index (Phi) is 4.69. The van der Waals surface area contributed by atoms with E-state index in [1.165, 1.54) is 6.07 Å². The first-order chi connectivity index (χ1) is 7.65. The highest BCUT2D eigenvalue weighted by atomic mass is 16.6. The van der Waals surface area contributed by atoms with Crippen LogP contribution >= 0.6 is 0 Å². The molecule has 1 heterocycles. The Morgan fingerprint density at radius 1 is 1.50 bits per heavy atom. The molecule has 0 aromatic carbocycles. The fraction of sp³-hybridized carbons (Fsp3) is 0.545. The van der Waals surface area contributed by atoms with E-state index >= 15 is 0 Å². The third-order valence-electron chi connectivity index (χ3n) is 2.27. The summed E-state index contributed by atoms with van der Waals surface area (Å²) in [5.41, 5.74) is 0.849. The van der Waals surface area contributed by atoms with Crippen molar-refractivity contribution in [2.24, 2.45) is 0 Å². The molecular formula is C11H17N3O2. The lowest BCUT2D eigenvalue weighted by molar-refractivity contribution is -0.384. The zero-order chi connectivity index (χ0) is 12.0. The molecule has 0 aliphatic rings. The molecule has 0 spiro atoms. The van der Waals surface area contributed by atoms with E-state index in [1.54, 1.807) is 13.1 Å². The maximum Gasteiger partial charge on any atom is 0.311 e. The minimum atomic E-state index is -0.401. The molecule has 0 saturated heterocycles. The summed E-state index contributed by atoms with van der Waals surface area (Å²) in [6, 6.07) is 1.54. The van der Waals surface area contributed by atoms with Gasteiger partial charge in [-0.15, -0.1) is 0 Å². The predicted octanol–water partition coefficient (Wildman–Crippen LogP) is 2.90. The van der Waals surface area contributed by atoms with Gasteiger partial charge in [0.25, 0.3) is 0 Å². The van der Waals surface area contributed by atoms with Crippen LogP contribution in [0.4, 0.5) is 11.5 Å². The maximum absolute atomic E-state index is 10.8. The number of aromatic nitrogens is 1. The highest BCUT2D eigenvalue weighted by molar-refractivity contribution is 5.56. The Labute approximate surface area is 95.0 Å². The van der Waals surface area contributed by atoms with Crippen LogP contribution in [-0.4, -0.2) is 16.5 Å². The monoisotopic (exact) mass is 223 g/mol. The number of aryl methyl sites for hydroxylation is 1. The van der Waals surface area contributed by atoms with E-state index < -0.39 is 4.92 Å². The number of nitro groups is 1. The number of rotatable bonds is 6. The number of nitrogens with zero attached hydrogens (tertiary/aromatic N) is 2.